The number of morpholine rings is 1. The molecule has 2 aromatic heterocycles. The first-order valence-corrected chi connectivity index (χ1v) is 13.9. The van der Waals surface area contributed by atoms with Crippen LogP contribution in [0.3, 0.4) is 0 Å². The molecule has 1 aromatic carbocycles. The van der Waals surface area contributed by atoms with Gasteiger partial charge in [-0.1, -0.05) is 18.2 Å². The van der Waals surface area contributed by atoms with Crippen LogP contribution in [0, 0.1) is 0 Å². The number of hydrogen-bond acceptors (Lipinski definition) is 8. The number of benzene rings is 1. The zero-order chi connectivity index (χ0) is 25.8. The monoisotopic (exact) mass is 506 g/mol. The molecule has 9 nitrogen and oxygen atoms in total. The van der Waals surface area contributed by atoms with Crippen LogP contribution in [0.2, 0.25) is 0 Å². The Morgan fingerprint density at radius 3 is 2.35 bits per heavy atom. The highest BCUT2D eigenvalue weighted by molar-refractivity contribution is 5.85. The summed E-state index contributed by atoms with van der Waals surface area (Å²) >= 11 is 0. The molecule has 200 valence electrons. The molecule has 0 amide bonds. The van der Waals surface area contributed by atoms with Gasteiger partial charge in [0.2, 0.25) is 5.95 Å². The van der Waals surface area contributed by atoms with Crippen molar-refractivity contribution >= 4 is 22.9 Å². The largest absolute Gasteiger partial charge is 0.379 e. The lowest BCUT2D eigenvalue weighted by Crippen LogP contribution is -2.49. The minimum absolute atomic E-state index is 0.493. The molecule has 0 saturated carbocycles. The van der Waals surface area contributed by atoms with E-state index in [2.05, 4.69) is 64.4 Å². The summed E-state index contributed by atoms with van der Waals surface area (Å²) in [5.41, 5.74) is 2.72. The molecular weight excluding hydrogens is 464 g/mol. The second kappa shape index (κ2) is 11.8. The van der Waals surface area contributed by atoms with Gasteiger partial charge in [0.1, 0.15) is 6.33 Å². The summed E-state index contributed by atoms with van der Waals surface area (Å²) in [5, 5.41) is 3.62. The van der Waals surface area contributed by atoms with Crippen molar-refractivity contribution < 1.29 is 4.74 Å². The molecule has 0 unspecified atom stereocenters. The summed E-state index contributed by atoms with van der Waals surface area (Å²) in [6.07, 6.45) is 4.11. The molecule has 37 heavy (non-hydrogen) atoms. The van der Waals surface area contributed by atoms with E-state index in [1.807, 2.05) is 24.5 Å². The zero-order valence-electron chi connectivity index (χ0n) is 22.8. The normalized spacial score (nSPS) is 18.0. The third-order valence-electron chi connectivity index (χ3n) is 7.72. The molecule has 0 atom stereocenters. The summed E-state index contributed by atoms with van der Waals surface area (Å²) in [6, 6.07) is 11.9. The van der Waals surface area contributed by atoms with Crippen molar-refractivity contribution in [2.24, 2.45) is 0 Å². The minimum atomic E-state index is 0.493. The Bertz CT molecular complexity index is 1130. The van der Waals surface area contributed by atoms with Gasteiger partial charge < -0.3 is 15.0 Å². The first-order chi connectivity index (χ1) is 18.0. The number of nitrogens with zero attached hydrogens (tertiary/aromatic N) is 7. The van der Waals surface area contributed by atoms with Gasteiger partial charge in [0.25, 0.3) is 0 Å². The Morgan fingerprint density at radius 2 is 1.68 bits per heavy atom. The summed E-state index contributed by atoms with van der Waals surface area (Å²) in [7, 11) is 0. The molecule has 2 saturated heterocycles. The lowest BCUT2D eigenvalue weighted by atomic mass is 10.0. The highest BCUT2D eigenvalue weighted by atomic mass is 16.5. The van der Waals surface area contributed by atoms with Gasteiger partial charge in [-0.25, -0.2) is 4.98 Å². The smallest absolute Gasteiger partial charge is 0.229 e. The molecule has 5 rings (SSSR count). The van der Waals surface area contributed by atoms with Crippen LogP contribution in [0.4, 0.5) is 11.8 Å². The van der Waals surface area contributed by atoms with E-state index in [9.17, 15) is 0 Å². The maximum atomic E-state index is 5.56. The molecule has 1 N–H and O–H groups in total. The summed E-state index contributed by atoms with van der Waals surface area (Å²) in [5.74, 6) is 1.61. The Labute approximate surface area is 220 Å². The van der Waals surface area contributed by atoms with E-state index in [0.29, 0.717) is 18.1 Å². The van der Waals surface area contributed by atoms with Gasteiger partial charge >= 0.3 is 0 Å². The van der Waals surface area contributed by atoms with Crippen molar-refractivity contribution in [2.45, 2.75) is 58.7 Å². The lowest BCUT2D eigenvalue weighted by molar-refractivity contribution is 0.0114. The predicted octanol–water partition coefficient (Wildman–Crippen LogP) is 3.65. The highest BCUT2D eigenvalue weighted by Crippen LogP contribution is 2.27. The van der Waals surface area contributed by atoms with E-state index in [-0.39, 0.29) is 0 Å². The lowest BCUT2D eigenvalue weighted by Gasteiger charge is -2.40. The summed E-state index contributed by atoms with van der Waals surface area (Å²) in [4.78, 5) is 22.3. The van der Waals surface area contributed by atoms with Crippen LogP contribution < -0.4 is 10.2 Å². The maximum Gasteiger partial charge on any atom is 0.229 e. The molecule has 2 aliphatic heterocycles. The number of ether oxygens (including phenoxy) is 1. The molecule has 0 radical (unpaired) electrons. The quantitative estimate of drug-likeness (QED) is 0.472. The van der Waals surface area contributed by atoms with E-state index in [0.717, 1.165) is 93.9 Å². The number of nitrogens with one attached hydrogen (secondary N) is 1. The van der Waals surface area contributed by atoms with E-state index < -0.39 is 0 Å². The fraction of sp³-hybridized carbons (Fsp3) is 0.607. The molecule has 0 bridgehead atoms. The Hall–Kier alpha value is -2.75. The first kappa shape index (κ1) is 25.9. The van der Waals surface area contributed by atoms with E-state index in [1.54, 1.807) is 0 Å². The SMILES string of the molecule is CC(C)N(CCNc1nc(N2CCC(N3CCOCC3)CC2)nc2c1ncn2-c1ccccc1)C(C)C. The number of fused-ring (bicyclic) bond motifs is 1. The average Bonchev–Trinajstić information content (AvgIpc) is 3.36. The molecule has 9 heteroatoms. The fourth-order valence-electron chi connectivity index (χ4n) is 5.72. The van der Waals surface area contributed by atoms with E-state index in [1.165, 1.54) is 0 Å². The Balaban J connectivity index is 1.39. The van der Waals surface area contributed by atoms with Crippen LogP contribution in [0.5, 0.6) is 0 Å². The molecular formula is C28H42N8O. The molecule has 0 spiro atoms. The first-order valence-electron chi connectivity index (χ1n) is 13.9. The standard InChI is InChI=1S/C28H42N8O/c1-21(2)35(22(3)4)15-12-29-26-25-27(36(20-30-25)24-8-6-5-7-9-24)32-28(31-26)34-13-10-23(11-14-34)33-16-18-37-19-17-33/h5-9,20-23H,10-19H2,1-4H3,(H,29,31,32). The van der Waals surface area contributed by atoms with Crippen LogP contribution in [0.25, 0.3) is 16.9 Å². The number of imidazole rings is 1. The van der Waals surface area contributed by atoms with Crippen molar-refractivity contribution in [3.8, 4) is 5.69 Å². The van der Waals surface area contributed by atoms with Crippen LogP contribution in [-0.2, 0) is 4.74 Å². The van der Waals surface area contributed by atoms with Crippen molar-refractivity contribution in [1.82, 2.24) is 29.3 Å². The summed E-state index contributed by atoms with van der Waals surface area (Å²) < 4.78 is 7.63. The van der Waals surface area contributed by atoms with Crippen molar-refractivity contribution in [1.29, 1.82) is 0 Å². The summed E-state index contributed by atoms with van der Waals surface area (Å²) in [6.45, 7) is 16.5. The van der Waals surface area contributed by atoms with Crippen molar-refractivity contribution in [2.75, 3.05) is 62.7 Å². The highest BCUT2D eigenvalue weighted by Gasteiger charge is 2.28. The molecule has 2 aliphatic rings. The van der Waals surface area contributed by atoms with Gasteiger partial charge in [-0.2, -0.15) is 9.97 Å². The molecule has 0 aliphatic carbocycles. The number of rotatable bonds is 9. The zero-order valence-corrected chi connectivity index (χ0v) is 22.8. The predicted molar refractivity (Wildman–Crippen MR) is 150 cm³/mol. The maximum absolute atomic E-state index is 5.56. The topological polar surface area (TPSA) is 74.6 Å². The molecule has 4 heterocycles. The van der Waals surface area contributed by atoms with E-state index in [4.69, 9.17) is 19.7 Å². The number of anilines is 2. The Kier molecular flexibility index (Phi) is 8.22. The third-order valence-corrected chi connectivity index (χ3v) is 7.72. The van der Waals surface area contributed by atoms with Gasteiger partial charge in [0, 0.05) is 63.1 Å². The number of aromatic nitrogens is 4. The van der Waals surface area contributed by atoms with Crippen LogP contribution in [0.1, 0.15) is 40.5 Å². The van der Waals surface area contributed by atoms with Crippen LogP contribution in [0.15, 0.2) is 36.7 Å². The number of piperidine rings is 1. The van der Waals surface area contributed by atoms with Crippen LogP contribution >= 0.6 is 0 Å². The van der Waals surface area contributed by atoms with Gasteiger partial charge in [-0.15, -0.1) is 0 Å². The van der Waals surface area contributed by atoms with Gasteiger partial charge in [0.15, 0.2) is 17.0 Å². The van der Waals surface area contributed by atoms with E-state index >= 15 is 0 Å². The molecule has 2 fully saturated rings. The van der Waals surface area contributed by atoms with Gasteiger partial charge in [-0.05, 0) is 52.7 Å². The second-order valence-electron chi connectivity index (χ2n) is 10.7. The van der Waals surface area contributed by atoms with Crippen molar-refractivity contribution in [3.63, 3.8) is 0 Å². The fourth-order valence-corrected chi connectivity index (χ4v) is 5.72. The second-order valence-corrected chi connectivity index (χ2v) is 10.7. The third kappa shape index (κ3) is 5.89. The average molecular weight is 507 g/mol. The minimum Gasteiger partial charge on any atom is -0.379 e. The van der Waals surface area contributed by atoms with Gasteiger partial charge in [-0.3, -0.25) is 14.4 Å². The van der Waals surface area contributed by atoms with Gasteiger partial charge in [0.05, 0.1) is 13.2 Å². The van der Waals surface area contributed by atoms with Crippen molar-refractivity contribution in [3.05, 3.63) is 36.7 Å². The number of hydrogen-bond donors (Lipinski definition) is 1. The molecule has 3 aromatic rings. The van der Waals surface area contributed by atoms with Crippen LogP contribution in [-0.4, -0.2) is 99.9 Å². The Morgan fingerprint density at radius 1 is 0.973 bits per heavy atom. The number of para-hydroxylation sites is 1.